The lowest BCUT2D eigenvalue weighted by Gasteiger charge is -2.36. The van der Waals surface area contributed by atoms with Crippen molar-refractivity contribution in [3.05, 3.63) is 70.8 Å². The van der Waals surface area contributed by atoms with Gasteiger partial charge in [0.2, 0.25) is 17.7 Å². The lowest BCUT2D eigenvalue weighted by atomic mass is 10.0. The quantitative estimate of drug-likeness (QED) is 0.419. The van der Waals surface area contributed by atoms with Gasteiger partial charge in [-0.25, -0.2) is 8.78 Å². The first-order valence-electron chi connectivity index (χ1n) is 12.3. The smallest absolute Gasteiger partial charge is 0.246 e. The summed E-state index contributed by atoms with van der Waals surface area (Å²) in [6.07, 6.45) is -0.247. The Balaban J connectivity index is 1.67. The molecule has 0 saturated carbocycles. The zero-order chi connectivity index (χ0) is 27.1. The van der Waals surface area contributed by atoms with E-state index in [1.165, 1.54) is 17.5 Å². The van der Waals surface area contributed by atoms with Gasteiger partial charge in [-0.3, -0.25) is 14.4 Å². The number of carbonyl (C=O) groups is 3. The van der Waals surface area contributed by atoms with Gasteiger partial charge in [0.05, 0.1) is 12.1 Å². The van der Waals surface area contributed by atoms with Gasteiger partial charge in [-0.2, -0.15) is 0 Å². The van der Waals surface area contributed by atoms with E-state index in [2.05, 4.69) is 23.6 Å². The monoisotopic (exact) mass is 516 g/mol. The second-order valence-electron chi connectivity index (χ2n) is 9.40. The van der Waals surface area contributed by atoms with Crippen LogP contribution in [0.4, 0.5) is 8.78 Å². The molecule has 0 aromatic heterocycles. The number of aryl methyl sites for hydroxylation is 1. The Morgan fingerprint density at radius 3 is 2.46 bits per heavy atom. The van der Waals surface area contributed by atoms with Crippen molar-refractivity contribution < 1.29 is 28.3 Å². The fourth-order valence-corrected chi connectivity index (χ4v) is 4.29. The minimum absolute atomic E-state index is 0.0411. The van der Waals surface area contributed by atoms with Crippen molar-refractivity contribution in [2.24, 2.45) is 0 Å². The number of rotatable bonds is 11. The molecule has 1 heterocycles. The molecule has 1 aliphatic heterocycles. The van der Waals surface area contributed by atoms with Crippen LogP contribution in [0.2, 0.25) is 0 Å². The Bertz CT molecular complexity index is 1110. The lowest BCUT2D eigenvalue weighted by Crippen LogP contribution is -2.60. The Morgan fingerprint density at radius 2 is 1.78 bits per heavy atom. The van der Waals surface area contributed by atoms with Crippen LogP contribution < -0.4 is 10.6 Å². The van der Waals surface area contributed by atoms with E-state index >= 15 is 0 Å². The van der Waals surface area contributed by atoms with Crippen LogP contribution in [0.15, 0.2) is 42.5 Å². The molecule has 3 N–H and O–H groups in total. The number of hydrogen-bond acceptors (Lipinski definition) is 5. The van der Waals surface area contributed by atoms with E-state index in [-0.39, 0.29) is 43.4 Å². The number of aliphatic hydroxyl groups excluding tert-OH is 1. The number of likely N-dealkylation sites (N-methyl/N-ethyl adjacent to an activating group) is 1. The number of benzene rings is 2. The maximum atomic E-state index is 13.8. The third-order valence-corrected chi connectivity index (χ3v) is 6.58. The van der Waals surface area contributed by atoms with E-state index in [1.54, 1.807) is 6.92 Å². The molecule has 1 aliphatic rings. The summed E-state index contributed by atoms with van der Waals surface area (Å²) in [5.74, 6) is -2.77. The zero-order valence-corrected chi connectivity index (χ0v) is 21.3. The van der Waals surface area contributed by atoms with Gasteiger partial charge in [0.1, 0.15) is 30.8 Å². The highest BCUT2D eigenvalue weighted by Crippen LogP contribution is 2.14. The van der Waals surface area contributed by atoms with E-state index in [0.717, 1.165) is 35.1 Å². The van der Waals surface area contributed by atoms with Gasteiger partial charge in [-0.05, 0) is 48.6 Å². The summed E-state index contributed by atoms with van der Waals surface area (Å²) in [4.78, 5) is 40.0. The van der Waals surface area contributed by atoms with Gasteiger partial charge in [0.15, 0.2) is 0 Å². The summed E-state index contributed by atoms with van der Waals surface area (Å²) in [6, 6.07) is 9.44. The van der Waals surface area contributed by atoms with Gasteiger partial charge in [-0.1, -0.05) is 31.2 Å². The summed E-state index contributed by atoms with van der Waals surface area (Å²) in [5.41, 5.74) is 2.48. The molecule has 0 aliphatic carbocycles. The number of amides is 3. The predicted octanol–water partition coefficient (Wildman–Crippen LogP) is 1.39. The Kier molecular flexibility index (Phi) is 9.71. The van der Waals surface area contributed by atoms with Crippen LogP contribution in [-0.2, 0) is 33.8 Å². The molecule has 8 nitrogen and oxygen atoms in total. The third-order valence-electron chi connectivity index (χ3n) is 6.58. The molecule has 37 heavy (non-hydrogen) atoms. The first-order chi connectivity index (χ1) is 17.6. The SMILES string of the molecule is CCc1cccc(CNC[C@@H](O)[C@H](Cc2cc(F)cc(F)c2)NC(=O)CN2CC(=O)N(C)[C@@H](C)C2=O)c1. The maximum Gasteiger partial charge on any atom is 0.246 e. The van der Waals surface area contributed by atoms with Gasteiger partial charge in [0.25, 0.3) is 0 Å². The van der Waals surface area contributed by atoms with Crippen molar-refractivity contribution in [3.63, 3.8) is 0 Å². The van der Waals surface area contributed by atoms with Crippen molar-refractivity contribution in [2.45, 2.75) is 51.4 Å². The standard InChI is InChI=1S/C27H34F2N4O4/c1-4-18-6-5-7-19(8-18)13-30-14-24(34)23(11-20-9-21(28)12-22(29)10-20)31-25(35)15-33-16-26(36)32(3)17(2)27(33)37/h5-10,12,17,23-24,30,34H,4,11,13-16H2,1-3H3,(H,31,35)/t17-,23-,24+/m0/s1. The fourth-order valence-electron chi connectivity index (χ4n) is 4.29. The Hall–Kier alpha value is -3.37. The van der Waals surface area contributed by atoms with Crippen LogP contribution in [-0.4, -0.2) is 77.5 Å². The van der Waals surface area contributed by atoms with Gasteiger partial charge in [0, 0.05) is 26.2 Å². The minimum atomic E-state index is -1.10. The molecule has 0 unspecified atom stereocenters. The molecule has 2 aromatic rings. The Morgan fingerprint density at radius 1 is 1.11 bits per heavy atom. The molecule has 200 valence electrons. The number of piperazine rings is 1. The van der Waals surface area contributed by atoms with Gasteiger partial charge < -0.3 is 25.5 Å². The number of halogens is 2. The maximum absolute atomic E-state index is 13.8. The number of nitrogens with one attached hydrogen (secondary N) is 2. The molecule has 10 heteroatoms. The summed E-state index contributed by atoms with van der Waals surface area (Å²) in [7, 11) is 1.53. The van der Waals surface area contributed by atoms with Crippen LogP contribution in [0.25, 0.3) is 0 Å². The molecule has 0 bridgehead atoms. The van der Waals surface area contributed by atoms with E-state index in [4.69, 9.17) is 0 Å². The molecule has 0 spiro atoms. The summed E-state index contributed by atoms with van der Waals surface area (Å²) in [5, 5.41) is 16.8. The fraction of sp³-hybridized carbons (Fsp3) is 0.444. The third kappa shape index (κ3) is 7.80. The molecule has 2 aromatic carbocycles. The molecule has 3 amide bonds. The summed E-state index contributed by atoms with van der Waals surface area (Å²) < 4.78 is 27.5. The first-order valence-corrected chi connectivity index (χ1v) is 12.3. The van der Waals surface area contributed by atoms with Crippen molar-refractivity contribution in [2.75, 3.05) is 26.7 Å². The van der Waals surface area contributed by atoms with E-state index in [1.807, 2.05) is 18.2 Å². The van der Waals surface area contributed by atoms with Crippen molar-refractivity contribution >= 4 is 17.7 Å². The van der Waals surface area contributed by atoms with Crippen LogP contribution in [0, 0.1) is 11.6 Å². The second kappa shape index (κ2) is 12.7. The first kappa shape index (κ1) is 28.2. The predicted molar refractivity (Wildman–Crippen MR) is 134 cm³/mol. The van der Waals surface area contributed by atoms with Crippen LogP contribution >= 0.6 is 0 Å². The second-order valence-corrected chi connectivity index (χ2v) is 9.40. The molecule has 1 saturated heterocycles. The minimum Gasteiger partial charge on any atom is -0.390 e. The molecule has 1 fully saturated rings. The topological polar surface area (TPSA) is 102 Å². The summed E-state index contributed by atoms with van der Waals surface area (Å²) >= 11 is 0. The number of carbonyl (C=O) groups excluding carboxylic acids is 3. The normalized spacial score (nSPS) is 17.6. The highest BCUT2D eigenvalue weighted by Gasteiger charge is 2.35. The van der Waals surface area contributed by atoms with Crippen LogP contribution in [0.1, 0.15) is 30.5 Å². The van der Waals surface area contributed by atoms with E-state index < -0.39 is 35.7 Å². The van der Waals surface area contributed by atoms with Gasteiger partial charge >= 0.3 is 0 Å². The average Bonchev–Trinajstić information content (AvgIpc) is 2.85. The zero-order valence-electron chi connectivity index (χ0n) is 21.3. The largest absolute Gasteiger partial charge is 0.390 e. The van der Waals surface area contributed by atoms with Crippen molar-refractivity contribution in [1.29, 1.82) is 0 Å². The van der Waals surface area contributed by atoms with E-state index in [9.17, 15) is 28.3 Å². The average molecular weight is 517 g/mol. The molecular weight excluding hydrogens is 482 g/mol. The van der Waals surface area contributed by atoms with Gasteiger partial charge in [-0.15, -0.1) is 0 Å². The Labute approximate surface area is 215 Å². The molecule has 0 radical (unpaired) electrons. The molecular formula is C27H34F2N4O4. The highest BCUT2D eigenvalue weighted by molar-refractivity contribution is 5.96. The molecule has 3 atom stereocenters. The lowest BCUT2D eigenvalue weighted by molar-refractivity contribution is -0.154. The molecule has 3 rings (SSSR count). The van der Waals surface area contributed by atoms with E-state index in [0.29, 0.717) is 6.54 Å². The van der Waals surface area contributed by atoms with Crippen LogP contribution in [0.5, 0.6) is 0 Å². The number of hydrogen-bond donors (Lipinski definition) is 3. The van der Waals surface area contributed by atoms with Crippen LogP contribution in [0.3, 0.4) is 0 Å². The number of aliphatic hydroxyl groups is 1. The van der Waals surface area contributed by atoms with Crippen molar-refractivity contribution in [1.82, 2.24) is 20.4 Å². The number of nitrogens with zero attached hydrogens (tertiary/aromatic N) is 2. The highest BCUT2D eigenvalue weighted by atomic mass is 19.1. The van der Waals surface area contributed by atoms with Crippen molar-refractivity contribution in [3.8, 4) is 0 Å². The summed E-state index contributed by atoms with van der Waals surface area (Å²) in [6.45, 7) is 3.62.